The zero-order chi connectivity index (χ0) is 8.27. The Balaban J connectivity index is 0.00000121. The van der Waals surface area contributed by atoms with Gasteiger partial charge in [-0.2, -0.15) is 9.90 Å². The molecule has 0 amide bonds. The molecule has 0 spiro atoms. The number of hydrogen-bond acceptors (Lipinski definition) is 3. The Kier molecular flexibility index (Phi) is 4.30. The predicted octanol–water partition coefficient (Wildman–Crippen LogP) is 1.24. The quantitative estimate of drug-likeness (QED) is 0.530. The van der Waals surface area contributed by atoms with E-state index in [0.29, 0.717) is 5.56 Å². The van der Waals surface area contributed by atoms with E-state index in [1.807, 2.05) is 0 Å². The van der Waals surface area contributed by atoms with E-state index in [2.05, 4.69) is 4.74 Å². The monoisotopic (exact) mass is 186 g/mol. The first-order valence-corrected chi connectivity index (χ1v) is 3.11. The Bertz CT molecular complexity index is 256. The maximum atomic E-state index is 10.8. The molecule has 1 aromatic carbocycles. The highest BCUT2D eigenvalue weighted by atomic mass is 31.0. The Morgan fingerprint density at radius 1 is 1.33 bits per heavy atom. The van der Waals surface area contributed by atoms with Gasteiger partial charge in [-0.1, -0.05) is 0 Å². The lowest BCUT2D eigenvalue weighted by molar-refractivity contribution is 0.0601. The number of ether oxygens (including phenoxy) is 1. The summed E-state index contributed by atoms with van der Waals surface area (Å²) in [6.45, 7) is 0. The molecule has 0 fully saturated rings. The number of phenols is 1. The summed E-state index contributed by atoms with van der Waals surface area (Å²) in [5, 5.41) is 8.86. The van der Waals surface area contributed by atoms with Crippen molar-refractivity contribution in [3.05, 3.63) is 29.8 Å². The highest BCUT2D eigenvalue weighted by Crippen LogP contribution is 2.09. The zero-order valence-electron chi connectivity index (χ0n) is 6.78. The molecule has 1 unspecified atom stereocenters. The third-order valence-electron chi connectivity index (χ3n) is 1.29. The minimum Gasteiger partial charge on any atom is -0.508 e. The molecule has 0 aliphatic heterocycles. The lowest BCUT2D eigenvalue weighted by atomic mass is 10.2. The van der Waals surface area contributed by atoms with E-state index in [1.165, 1.54) is 31.4 Å². The van der Waals surface area contributed by atoms with Gasteiger partial charge in [0.05, 0.1) is 12.7 Å². The first kappa shape index (κ1) is 10.9. The molecule has 4 heteroatoms. The van der Waals surface area contributed by atoms with Gasteiger partial charge >= 0.3 is 5.97 Å². The fourth-order valence-electron chi connectivity index (χ4n) is 0.715. The van der Waals surface area contributed by atoms with E-state index >= 15 is 0 Å². The molecule has 1 aromatic rings. The molecule has 0 heterocycles. The SMILES string of the molecule is COC(=O)c1ccc(O)cc1.P. The van der Waals surface area contributed by atoms with Crippen LogP contribution in [0.5, 0.6) is 5.75 Å². The van der Waals surface area contributed by atoms with Crippen molar-refractivity contribution in [1.82, 2.24) is 0 Å². The second kappa shape index (κ2) is 4.73. The van der Waals surface area contributed by atoms with Crippen molar-refractivity contribution in [3.63, 3.8) is 0 Å². The number of carbonyl (C=O) groups is 1. The number of hydrogen-bond donors (Lipinski definition) is 1. The van der Waals surface area contributed by atoms with Crippen LogP contribution in [-0.4, -0.2) is 18.2 Å². The lowest BCUT2D eigenvalue weighted by Gasteiger charge is -1.97. The summed E-state index contributed by atoms with van der Waals surface area (Å²) in [4.78, 5) is 10.8. The summed E-state index contributed by atoms with van der Waals surface area (Å²) in [5.41, 5.74) is 0.435. The van der Waals surface area contributed by atoms with Crippen LogP contribution in [-0.2, 0) is 4.74 Å². The van der Waals surface area contributed by atoms with Crippen LogP contribution in [0.2, 0.25) is 0 Å². The van der Waals surface area contributed by atoms with Crippen molar-refractivity contribution in [2.75, 3.05) is 7.11 Å². The molecule has 0 aromatic heterocycles. The number of rotatable bonds is 1. The summed E-state index contributed by atoms with van der Waals surface area (Å²) < 4.78 is 4.46. The van der Waals surface area contributed by atoms with Crippen LogP contribution in [0.25, 0.3) is 0 Å². The van der Waals surface area contributed by atoms with E-state index in [4.69, 9.17) is 5.11 Å². The van der Waals surface area contributed by atoms with Crippen LogP contribution >= 0.6 is 9.90 Å². The van der Waals surface area contributed by atoms with E-state index in [-0.39, 0.29) is 15.6 Å². The minimum atomic E-state index is -0.398. The standard InChI is InChI=1S/C8H8O3.H3P/c1-11-8(10)6-2-4-7(9)5-3-6;/h2-5,9H,1H3;1H3. The van der Waals surface area contributed by atoms with Crippen molar-refractivity contribution in [3.8, 4) is 5.75 Å². The van der Waals surface area contributed by atoms with Gasteiger partial charge in [-0.25, -0.2) is 4.79 Å². The van der Waals surface area contributed by atoms with Crippen LogP contribution in [0.15, 0.2) is 24.3 Å². The van der Waals surface area contributed by atoms with Gasteiger partial charge in [0.1, 0.15) is 5.75 Å². The second-order valence-electron chi connectivity index (χ2n) is 2.04. The van der Waals surface area contributed by atoms with Crippen molar-refractivity contribution >= 4 is 15.9 Å². The number of phenolic OH excluding ortho intramolecular Hbond substituents is 1. The third kappa shape index (κ3) is 2.51. The summed E-state index contributed by atoms with van der Waals surface area (Å²) in [7, 11) is 1.31. The number of carbonyl (C=O) groups excluding carboxylic acids is 1. The van der Waals surface area contributed by atoms with Crippen LogP contribution in [0, 0.1) is 0 Å². The average molecular weight is 186 g/mol. The molecular formula is C8H11O3P. The normalized spacial score (nSPS) is 8.42. The molecular weight excluding hydrogens is 175 g/mol. The second-order valence-corrected chi connectivity index (χ2v) is 2.04. The van der Waals surface area contributed by atoms with Crippen LogP contribution in [0.3, 0.4) is 0 Å². The largest absolute Gasteiger partial charge is 0.508 e. The fourth-order valence-corrected chi connectivity index (χ4v) is 0.715. The highest BCUT2D eigenvalue weighted by Gasteiger charge is 2.02. The van der Waals surface area contributed by atoms with Gasteiger partial charge in [-0.05, 0) is 24.3 Å². The molecule has 0 bridgehead atoms. The summed E-state index contributed by atoms with van der Waals surface area (Å²) in [6, 6.07) is 5.88. The van der Waals surface area contributed by atoms with Crippen molar-refractivity contribution in [2.24, 2.45) is 0 Å². The third-order valence-corrected chi connectivity index (χ3v) is 1.29. The Morgan fingerprint density at radius 2 is 1.83 bits per heavy atom. The van der Waals surface area contributed by atoms with Crippen molar-refractivity contribution in [2.45, 2.75) is 0 Å². The van der Waals surface area contributed by atoms with Gasteiger partial charge in [0.25, 0.3) is 0 Å². The van der Waals surface area contributed by atoms with E-state index < -0.39 is 5.97 Å². The molecule has 0 aliphatic carbocycles. The van der Waals surface area contributed by atoms with E-state index in [0.717, 1.165) is 0 Å². The number of aromatic hydroxyl groups is 1. The van der Waals surface area contributed by atoms with Gasteiger partial charge in [-0.15, -0.1) is 0 Å². The average Bonchev–Trinajstić information content (AvgIpc) is 2.05. The molecule has 1 N–H and O–H groups in total. The molecule has 3 nitrogen and oxygen atoms in total. The van der Waals surface area contributed by atoms with Gasteiger partial charge in [0, 0.05) is 0 Å². The van der Waals surface area contributed by atoms with E-state index in [9.17, 15) is 4.79 Å². The number of methoxy groups -OCH3 is 1. The molecule has 0 saturated heterocycles. The van der Waals surface area contributed by atoms with Crippen molar-refractivity contribution in [1.29, 1.82) is 0 Å². The number of benzene rings is 1. The van der Waals surface area contributed by atoms with Crippen molar-refractivity contribution < 1.29 is 14.6 Å². The molecule has 0 radical (unpaired) electrons. The first-order chi connectivity index (χ1) is 5.24. The fraction of sp³-hybridized carbons (Fsp3) is 0.125. The van der Waals surface area contributed by atoms with Crippen LogP contribution in [0.4, 0.5) is 0 Å². The zero-order valence-corrected chi connectivity index (χ0v) is 8.19. The maximum Gasteiger partial charge on any atom is 0.337 e. The number of esters is 1. The molecule has 0 saturated carbocycles. The topological polar surface area (TPSA) is 46.5 Å². The van der Waals surface area contributed by atoms with Gasteiger partial charge in [0.15, 0.2) is 0 Å². The maximum absolute atomic E-state index is 10.8. The first-order valence-electron chi connectivity index (χ1n) is 3.11. The molecule has 1 atom stereocenters. The Morgan fingerprint density at radius 3 is 2.25 bits per heavy atom. The molecule has 1 rings (SSSR count). The smallest absolute Gasteiger partial charge is 0.337 e. The highest BCUT2D eigenvalue weighted by molar-refractivity contribution is 6.92. The van der Waals surface area contributed by atoms with Crippen LogP contribution in [0.1, 0.15) is 10.4 Å². The van der Waals surface area contributed by atoms with Gasteiger partial charge in [-0.3, -0.25) is 0 Å². The predicted molar refractivity (Wildman–Crippen MR) is 50.6 cm³/mol. The summed E-state index contributed by atoms with van der Waals surface area (Å²) in [6.07, 6.45) is 0. The molecule has 66 valence electrons. The lowest BCUT2D eigenvalue weighted by Crippen LogP contribution is -1.99. The van der Waals surface area contributed by atoms with Gasteiger partial charge in [0.2, 0.25) is 0 Å². The molecule has 0 aliphatic rings. The minimum absolute atomic E-state index is 0. The van der Waals surface area contributed by atoms with E-state index in [1.54, 1.807) is 0 Å². The Hall–Kier alpha value is -1.08. The summed E-state index contributed by atoms with van der Waals surface area (Å²) in [5.74, 6) is -0.261. The van der Waals surface area contributed by atoms with Gasteiger partial charge < -0.3 is 9.84 Å². The summed E-state index contributed by atoms with van der Waals surface area (Å²) >= 11 is 0. The molecule has 12 heavy (non-hydrogen) atoms. The van der Waals surface area contributed by atoms with Crippen LogP contribution < -0.4 is 0 Å². The Labute approximate surface area is 74.0 Å².